The highest BCUT2D eigenvalue weighted by Gasteiger charge is 2.37. The summed E-state index contributed by atoms with van der Waals surface area (Å²) in [5.74, 6) is 0.501. The van der Waals surface area contributed by atoms with E-state index in [4.69, 9.17) is 0 Å². The predicted molar refractivity (Wildman–Crippen MR) is 69.9 cm³/mol. The molecule has 2 atom stereocenters. The van der Waals surface area contributed by atoms with Crippen LogP contribution < -0.4 is 5.32 Å². The highest BCUT2D eigenvalue weighted by atomic mass is 16.2. The third-order valence-electron chi connectivity index (χ3n) is 4.44. The highest BCUT2D eigenvalue weighted by Crippen LogP contribution is 2.28. The molecule has 2 amide bonds. The van der Waals surface area contributed by atoms with E-state index in [1.54, 1.807) is 0 Å². The van der Waals surface area contributed by atoms with Gasteiger partial charge in [-0.1, -0.05) is 26.2 Å². The topological polar surface area (TPSA) is 49.4 Å². The first-order chi connectivity index (χ1) is 8.63. The number of hydrogen-bond acceptors (Lipinski definition) is 3. The molecule has 1 N–H and O–H groups in total. The average Bonchev–Trinajstić information content (AvgIpc) is 2.62. The maximum atomic E-state index is 11.9. The van der Waals surface area contributed by atoms with E-state index in [2.05, 4.69) is 5.32 Å². The molecule has 1 aliphatic carbocycles. The van der Waals surface area contributed by atoms with Crippen LogP contribution in [-0.2, 0) is 9.59 Å². The highest BCUT2D eigenvalue weighted by molar-refractivity contribution is 6.03. The Bertz CT molecular complexity index is 324. The molecule has 1 saturated heterocycles. The summed E-state index contributed by atoms with van der Waals surface area (Å²) in [7, 11) is 1.94. The molecule has 18 heavy (non-hydrogen) atoms. The van der Waals surface area contributed by atoms with Gasteiger partial charge in [-0.15, -0.1) is 0 Å². The van der Waals surface area contributed by atoms with Crippen molar-refractivity contribution < 1.29 is 9.59 Å². The fourth-order valence-corrected chi connectivity index (χ4v) is 3.25. The van der Waals surface area contributed by atoms with Gasteiger partial charge in [-0.05, 0) is 25.8 Å². The number of nitrogens with one attached hydrogen (secondary N) is 1. The third kappa shape index (κ3) is 2.74. The van der Waals surface area contributed by atoms with Crippen molar-refractivity contribution in [2.24, 2.45) is 11.8 Å². The monoisotopic (exact) mass is 252 g/mol. The molecule has 102 valence electrons. The van der Waals surface area contributed by atoms with Crippen molar-refractivity contribution in [3.8, 4) is 0 Å². The van der Waals surface area contributed by atoms with Crippen molar-refractivity contribution in [3.05, 3.63) is 0 Å². The summed E-state index contributed by atoms with van der Waals surface area (Å²) in [5.41, 5.74) is 0. The first kappa shape index (κ1) is 13.5. The van der Waals surface area contributed by atoms with Gasteiger partial charge < -0.3 is 5.32 Å². The number of amides is 2. The molecule has 1 aliphatic heterocycles. The van der Waals surface area contributed by atoms with E-state index >= 15 is 0 Å². The Morgan fingerprint density at radius 1 is 1.28 bits per heavy atom. The van der Waals surface area contributed by atoms with Crippen LogP contribution in [0.5, 0.6) is 0 Å². The van der Waals surface area contributed by atoms with Gasteiger partial charge >= 0.3 is 0 Å². The second kappa shape index (κ2) is 5.83. The Hall–Kier alpha value is -0.900. The number of likely N-dealkylation sites (N-methyl/N-ethyl adjacent to an activating group) is 1. The molecule has 0 aromatic heterocycles. The SMILES string of the molecule is CNC(CN1C(=O)CC(C)C1=O)C1CCCCC1. The fourth-order valence-electron chi connectivity index (χ4n) is 3.25. The zero-order valence-corrected chi connectivity index (χ0v) is 11.4. The zero-order chi connectivity index (χ0) is 13.1. The summed E-state index contributed by atoms with van der Waals surface area (Å²) in [6.45, 7) is 2.40. The molecular weight excluding hydrogens is 228 g/mol. The van der Waals surface area contributed by atoms with Gasteiger partial charge in [-0.25, -0.2) is 0 Å². The van der Waals surface area contributed by atoms with Gasteiger partial charge in [-0.3, -0.25) is 14.5 Å². The summed E-state index contributed by atoms with van der Waals surface area (Å²) in [5, 5.41) is 3.31. The molecule has 1 heterocycles. The van der Waals surface area contributed by atoms with Gasteiger partial charge in [0.25, 0.3) is 0 Å². The molecule has 0 aromatic carbocycles. The maximum Gasteiger partial charge on any atom is 0.232 e. The van der Waals surface area contributed by atoms with Crippen LogP contribution in [0.4, 0.5) is 0 Å². The largest absolute Gasteiger partial charge is 0.315 e. The van der Waals surface area contributed by atoms with E-state index in [-0.39, 0.29) is 23.8 Å². The van der Waals surface area contributed by atoms with Crippen LogP contribution in [0.25, 0.3) is 0 Å². The summed E-state index contributed by atoms with van der Waals surface area (Å²) >= 11 is 0. The molecule has 0 spiro atoms. The summed E-state index contributed by atoms with van der Waals surface area (Å²) in [6.07, 6.45) is 6.71. The van der Waals surface area contributed by atoms with E-state index in [9.17, 15) is 9.59 Å². The third-order valence-corrected chi connectivity index (χ3v) is 4.44. The van der Waals surface area contributed by atoms with Crippen LogP contribution in [0.1, 0.15) is 45.4 Å². The lowest BCUT2D eigenvalue weighted by Gasteiger charge is -2.32. The summed E-state index contributed by atoms with van der Waals surface area (Å²) < 4.78 is 0. The number of likely N-dealkylation sites (tertiary alicyclic amines) is 1. The fraction of sp³-hybridized carbons (Fsp3) is 0.857. The van der Waals surface area contributed by atoms with E-state index in [0.717, 1.165) is 0 Å². The Morgan fingerprint density at radius 3 is 2.44 bits per heavy atom. The number of carbonyl (C=O) groups excluding carboxylic acids is 2. The van der Waals surface area contributed by atoms with Crippen molar-refractivity contribution in [1.29, 1.82) is 0 Å². The van der Waals surface area contributed by atoms with Crippen molar-refractivity contribution in [2.45, 2.75) is 51.5 Å². The Kier molecular flexibility index (Phi) is 4.38. The van der Waals surface area contributed by atoms with Crippen LogP contribution in [0.3, 0.4) is 0 Å². The molecule has 4 heteroatoms. The smallest absolute Gasteiger partial charge is 0.232 e. The molecule has 2 unspecified atom stereocenters. The molecule has 0 aromatic rings. The number of imide groups is 1. The maximum absolute atomic E-state index is 11.9. The minimum atomic E-state index is -0.124. The van der Waals surface area contributed by atoms with Gasteiger partial charge in [0.1, 0.15) is 0 Å². The molecule has 2 rings (SSSR count). The Morgan fingerprint density at radius 2 is 1.94 bits per heavy atom. The van der Waals surface area contributed by atoms with Crippen molar-refractivity contribution in [1.82, 2.24) is 10.2 Å². The van der Waals surface area contributed by atoms with Crippen molar-refractivity contribution in [2.75, 3.05) is 13.6 Å². The van der Waals surface area contributed by atoms with Gasteiger partial charge in [-0.2, -0.15) is 0 Å². The molecule has 0 radical (unpaired) electrons. The summed E-state index contributed by atoms with van der Waals surface area (Å²) in [4.78, 5) is 25.2. The predicted octanol–water partition coefficient (Wildman–Crippen LogP) is 1.55. The van der Waals surface area contributed by atoms with Crippen molar-refractivity contribution >= 4 is 11.8 Å². The van der Waals surface area contributed by atoms with E-state index < -0.39 is 0 Å². The first-order valence-corrected chi connectivity index (χ1v) is 7.15. The van der Waals surface area contributed by atoms with Gasteiger partial charge in [0.2, 0.25) is 11.8 Å². The number of carbonyl (C=O) groups is 2. The Labute approximate surface area is 109 Å². The lowest BCUT2D eigenvalue weighted by atomic mass is 9.83. The molecule has 2 fully saturated rings. The van der Waals surface area contributed by atoms with Crippen molar-refractivity contribution in [3.63, 3.8) is 0 Å². The van der Waals surface area contributed by atoms with E-state index in [1.165, 1.54) is 37.0 Å². The zero-order valence-electron chi connectivity index (χ0n) is 11.4. The van der Waals surface area contributed by atoms with Crippen LogP contribution in [0.2, 0.25) is 0 Å². The minimum absolute atomic E-state index is 0.00330. The number of nitrogens with zero attached hydrogens (tertiary/aromatic N) is 1. The molecule has 4 nitrogen and oxygen atoms in total. The number of rotatable bonds is 4. The lowest BCUT2D eigenvalue weighted by Crippen LogP contribution is -2.46. The van der Waals surface area contributed by atoms with E-state index in [0.29, 0.717) is 18.9 Å². The van der Waals surface area contributed by atoms with Gasteiger partial charge in [0.05, 0.1) is 0 Å². The van der Waals surface area contributed by atoms with E-state index in [1.807, 2.05) is 14.0 Å². The molecular formula is C14H24N2O2. The van der Waals surface area contributed by atoms with Crippen LogP contribution in [0, 0.1) is 11.8 Å². The van der Waals surface area contributed by atoms with Gasteiger partial charge in [0, 0.05) is 24.9 Å². The summed E-state index contributed by atoms with van der Waals surface area (Å²) in [6, 6.07) is 0.267. The normalized spacial score (nSPS) is 27.9. The van der Waals surface area contributed by atoms with Gasteiger partial charge in [0.15, 0.2) is 0 Å². The molecule has 2 aliphatic rings. The minimum Gasteiger partial charge on any atom is -0.315 e. The first-order valence-electron chi connectivity index (χ1n) is 7.15. The quantitative estimate of drug-likeness (QED) is 0.772. The van der Waals surface area contributed by atoms with Crippen LogP contribution in [-0.4, -0.2) is 36.3 Å². The second-order valence-electron chi connectivity index (χ2n) is 5.74. The average molecular weight is 252 g/mol. The van der Waals surface area contributed by atoms with Crippen LogP contribution in [0.15, 0.2) is 0 Å². The Balaban J connectivity index is 1.97. The van der Waals surface area contributed by atoms with Crippen LogP contribution >= 0.6 is 0 Å². The molecule has 1 saturated carbocycles. The lowest BCUT2D eigenvalue weighted by molar-refractivity contribution is -0.139. The molecule has 0 bridgehead atoms. The number of hydrogen-bond donors (Lipinski definition) is 1. The standard InChI is InChI=1S/C14H24N2O2/c1-10-8-13(17)16(14(10)18)9-12(15-2)11-6-4-3-5-7-11/h10-12,15H,3-9H2,1-2H3. The second-order valence-corrected chi connectivity index (χ2v) is 5.74.